The molecule has 2 heterocycles. The van der Waals surface area contributed by atoms with E-state index in [9.17, 15) is 0 Å². The molecule has 1 saturated carbocycles. The van der Waals surface area contributed by atoms with Gasteiger partial charge in [0.15, 0.2) is 0 Å². The number of fused-ring (bicyclic) bond motifs is 2. The molecule has 3 N–H and O–H groups in total. The summed E-state index contributed by atoms with van der Waals surface area (Å²) in [5, 5.41) is 6.22. The van der Waals surface area contributed by atoms with E-state index in [0.717, 1.165) is 30.5 Å². The van der Waals surface area contributed by atoms with E-state index in [1.54, 1.807) is 0 Å². The van der Waals surface area contributed by atoms with Crippen molar-refractivity contribution in [1.29, 1.82) is 0 Å². The Morgan fingerprint density at radius 1 is 1.00 bits per heavy atom. The van der Waals surface area contributed by atoms with Crippen molar-refractivity contribution in [2.45, 2.75) is 44.3 Å². The monoisotopic (exact) mass is 426 g/mol. The maximum Gasteiger partial charge on any atom is 0.0725 e. The molecular weight excluding hydrogens is 403 g/mol. The van der Waals surface area contributed by atoms with Gasteiger partial charge in [0.1, 0.15) is 0 Å². The molecule has 1 aromatic heterocycles. The molecule has 4 unspecified atom stereocenters. The first-order chi connectivity index (χ1) is 14.1. The van der Waals surface area contributed by atoms with Crippen molar-refractivity contribution in [2.75, 3.05) is 5.32 Å². The Hall–Kier alpha value is -1.85. The number of para-hydroxylation sites is 1. The van der Waals surface area contributed by atoms with Crippen molar-refractivity contribution in [1.82, 2.24) is 15.8 Å². The minimum absolute atomic E-state index is 0.232. The highest BCUT2D eigenvalue weighted by atomic mass is 35.5. The number of nitrogens with zero attached hydrogens (tertiary/aromatic N) is 1. The first-order valence-corrected chi connectivity index (χ1v) is 10.9. The van der Waals surface area contributed by atoms with E-state index in [1.165, 1.54) is 16.6 Å². The third-order valence-electron chi connectivity index (χ3n) is 6.26. The predicted octanol–water partition coefficient (Wildman–Crippen LogP) is 5.65. The molecule has 150 valence electrons. The quantitative estimate of drug-likeness (QED) is 0.506. The first-order valence-electron chi connectivity index (χ1n) is 10.2. The molecule has 1 saturated heterocycles. The fourth-order valence-corrected chi connectivity index (χ4v) is 5.18. The number of anilines is 1. The highest BCUT2D eigenvalue weighted by Crippen LogP contribution is 2.40. The van der Waals surface area contributed by atoms with Crippen LogP contribution < -0.4 is 16.2 Å². The van der Waals surface area contributed by atoms with E-state index in [2.05, 4.69) is 58.4 Å². The van der Waals surface area contributed by atoms with Crippen LogP contribution in [0.3, 0.4) is 0 Å². The largest absolute Gasteiger partial charge is 0.382 e. The van der Waals surface area contributed by atoms with Crippen molar-refractivity contribution in [2.24, 2.45) is 5.92 Å². The predicted molar refractivity (Wildman–Crippen MR) is 120 cm³/mol. The molecule has 3 aromatic rings. The van der Waals surface area contributed by atoms with Crippen LogP contribution in [0.25, 0.3) is 10.9 Å². The number of hydrogen-bond acceptors (Lipinski definition) is 4. The molecule has 4 nitrogen and oxygen atoms in total. The molecule has 0 bridgehead atoms. The number of hydrazine groups is 1. The van der Waals surface area contributed by atoms with E-state index in [4.69, 9.17) is 23.2 Å². The zero-order valence-electron chi connectivity index (χ0n) is 16.3. The van der Waals surface area contributed by atoms with Crippen LogP contribution in [0, 0.1) is 12.8 Å². The van der Waals surface area contributed by atoms with Gasteiger partial charge in [-0.2, -0.15) is 0 Å². The van der Waals surface area contributed by atoms with Crippen molar-refractivity contribution < 1.29 is 0 Å². The van der Waals surface area contributed by atoms with Gasteiger partial charge in [0.25, 0.3) is 0 Å². The number of hydrogen-bond donors (Lipinski definition) is 3. The second kappa shape index (κ2) is 7.77. The maximum atomic E-state index is 6.28. The van der Waals surface area contributed by atoms with Gasteiger partial charge in [-0.05, 0) is 61.9 Å². The summed E-state index contributed by atoms with van der Waals surface area (Å²) in [5.74, 6) is 0.493. The van der Waals surface area contributed by atoms with Gasteiger partial charge in [-0.25, -0.2) is 5.43 Å². The van der Waals surface area contributed by atoms with E-state index in [0.29, 0.717) is 28.0 Å². The number of benzene rings is 2. The van der Waals surface area contributed by atoms with Crippen LogP contribution in [-0.4, -0.2) is 17.1 Å². The third kappa shape index (κ3) is 3.71. The highest BCUT2D eigenvalue weighted by molar-refractivity contribution is 6.42. The van der Waals surface area contributed by atoms with Gasteiger partial charge in [0.2, 0.25) is 0 Å². The number of nitrogens with one attached hydrogen (secondary N) is 3. The number of aromatic nitrogens is 1. The summed E-state index contributed by atoms with van der Waals surface area (Å²) in [6.07, 6.45) is 3.36. The minimum atomic E-state index is 0.232. The summed E-state index contributed by atoms with van der Waals surface area (Å²) in [6, 6.07) is 17.6. The highest BCUT2D eigenvalue weighted by Gasteiger charge is 2.41. The van der Waals surface area contributed by atoms with Gasteiger partial charge < -0.3 is 5.32 Å². The lowest BCUT2D eigenvalue weighted by Crippen LogP contribution is -2.39. The summed E-state index contributed by atoms with van der Waals surface area (Å²) < 4.78 is 0. The molecule has 5 rings (SSSR count). The van der Waals surface area contributed by atoms with Crippen molar-refractivity contribution in [3.05, 3.63) is 69.8 Å². The molecule has 0 spiro atoms. The van der Waals surface area contributed by atoms with E-state index >= 15 is 0 Å². The van der Waals surface area contributed by atoms with Crippen LogP contribution >= 0.6 is 23.2 Å². The van der Waals surface area contributed by atoms with Crippen LogP contribution in [0.4, 0.5) is 5.69 Å². The molecule has 6 heteroatoms. The maximum absolute atomic E-state index is 6.28. The molecule has 2 fully saturated rings. The lowest BCUT2D eigenvalue weighted by Gasteiger charge is -2.34. The lowest BCUT2D eigenvalue weighted by atomic mass is 9.77. The summed E-state index contributed by atoms with van der Waals surface area (Å²) >= 11 is 12.4. The SMILES string of the molecule is Cc1cc(NC2CCC3NNC(c4ccc(Cl)c(Cl)c4)C3C2)c2ccccc2n1. The third-order valence-corrected chi connectivity index (χ3v) is 7.00. The van der Waals surface area contributed by atoms with Crippen LogP contribution in [0.1, 0.15) is 36.6 Å². The van der Waals surface area contributed by atoms with Crippen LogP contribution in [0.15, 0.2) is 48.5 Å². The Morgan fingerprint density at radius 3 is 2.72 bits per heavy atom. The van der Waals surface area contributed by atoms with Gasteiger partial charge in [-0.1, -0.05) is 47.5 Å². The van der Waals surface area contributed by atoms with Crippen LogP contribution in [0.2, 0.25) is 10.0 Å². The van der Waals surface area contributed by atoms with E-state index < -0.39 is 0 Å². The van der Waals surface area contributed by atoms with E-state index in [-0.39, 0.29) is 6.04 Å². The number of rotatable bonds is 3. The molecule has 0 amide bonds. The zero-order chi connectivity index (χ0) is 20.0. The minimum Gasteiger partial charge on any atom is -0.382 e. The average molecular weight is 427 g/mol. The summed E-state index contributed by atoms with van der Waals surface area (Å²) in [7, 11) is 0. The van der Waals surface area contributed by atoms with Gasteiger partial charge in [-0.3, -0.25) is 10.4 Å². The Kier molecular flexibility index (Phi) is 5.12. The van der Waals surface area contributed by atoms with Crippen molar-refractivity contribution in [3.63, 3.8) is 0 Å². The fourth-order valence-electron chi connectivity index (χ4n) is 4.87. The Bertz CT molecular complexity index is 1050. The van der Waals surface area contributed by atoms with E-state index in [1.807, 2.05) is 18.2 Å². The second-order valence-corrected chi connectivity index (χ2v) is 9.01. The number of aryl methyl sites for hydroxylation is 1. The Labute approximate surface area is 181 Å². The topological polar surface area (TPSA) is 49.0 Å². The summed E-state index contributed by atoms with van der Waals surface area (Å²) in [5.41, 5.74) is 11.4. The average Bonchev–Trinajstić information content (AvgIpc) is 3.13. The lowest BCUT2D eigenvalue weighted by molar-refractivity contribution is 0.289. The van der Waals surface area contributed by atoms with Crippen molar-refractivity contribution in [3.8, 4) is 0 Å². The molecular formula is C23H24Cl2N4. The summed E-state index contributed by atoms with van der Waals surface area (Å²) in [6.45, 7) is 2.06. The zero-order valence-corrected chi connectivity index (χ0v) is 17.8. The molecule has 1 aliphatic carbocycles. The van der Waals surface area contributed by atoms with Crippen LogP contribution in [-0.2, 0) is 0 Å². The molecule has 4 atom stereocenters. The first kappa shape index (κ1) is 19.1. The number of pyridine rings is 1. The fraction of sp³-hybridized carbons (Fsp3) is 0.348. The molecule has 1 aliphatic heterocycles. The smallest absolute Gasteiger partial charge is 0.0725 e. The van der Waals surface area contributed by atoms with Crippen molar-refractivity contribution >= 4 is 39.8 Å². The molecule has 0 radical (unpaired) electrons. The standard InChI is InChI=1S/C23H24Cl2N4/c1-13-10-22(16-4-2-3-5-20(16)26-13)27-15-7-9-21-17(12-15)23(29-28-21)14-6-8-18(24)19(25)11-14/h2-6,8,10-11,15,17,21,23,28-29H,7,9,12H2,1H3,(H,26,27). The summed E-state index contributed by atoms with van der Waals surface area (Å²) in [4.78, 5) is 4.67. The Balaban J connectivity index is 1.38. The molecule has 29 heavy (non-hydrogen) atoms. The molecule has 2 aliphatic rings. The van der Waals surface area contributed by atoms with Crippen LogP contribution in [0.5, 0.6) is 0 Å². The van der Waals surface area contributed by atoms with Gasteiger partial charge in [0.05, 0.1) is 21.6 Å². The number of halogens is 2. The van der Waals surface area contributed by atoms with Gasteiger partial charge in [-0.15, -0.1) is 0 Å². The van der Waals surface area contributed by atoms with Gasteiger partial charge >= 0.3 is 0 Å². The second-order valence-electron chi connectivity index (χ2n) is 8.19. The normalized spacial score (nSPS) is 26.4. The molecule has 2 aromatic carbocycles. The van der Waals surface area contributed by atoms with Gasteiger partial charge in [0, 0.05) is 28.9 Å². The Morgan fingerprint density at radius 2 is 1.86 bits per heavy atom.